The van der Waals surface area contributed by atoms with Gasteiger partial charge in [-0.15, -0.1) is 0 Å². The van der Waals surface area contributed by atoms with Crippen LogP contribution in [0.15, 0.2) is 0 Å². The zero-order valence-corrected chi connectivity index (χ0v) is 14.8. The topological polar surface area (TPSA) is 6.48 Å². The summed E-state index contributed by atoms with van der Waals surface area (Å²) in [5.41, 5.74) is 0. The van der Waals surface area contributed by atoms with Crippen molar-refractivity contribution in [2.75, 3.05) is 26.2 Å². The van der Waals surface area contributed by atoms with Crippen molar-refractivity contribution in [3.8, 4) is 0 Å². The van der Waals surface area contributed by atoms with Crippen LogP contribution in [0, 0.1) is 0 Å². The first-order valence-electron chi connectivity index (χ1n) is 5.69. The molecule has 7 heteroatoms. The minimum atomic E-state index is 0.940. The highest BCUT2D eigenvalue weighted by Gasteiger charge is 2.10. The molecule has 0 saturated heterocycles. The van der Waals surface area contributed by atoms with Gasteiger partial charge in [-0.2, -0.15) is 0 Å². The Morgan fingerprint density at radius 3 is 1.29 bits per heavy atom. The Balaban J connectivity index is 3.90. The van der Waals surface area contributed by atoms with Gasteiger partial charge in [0.25, 0.3) is 0 Å². The summed E-state index contributed by atoms with van der Waals surface area (Å²) in [6, 6.07) is 0. The van der Waals surface area contributed by atoms with Crippen molar-refractivity contribution in [1.29, 1.82) is 0 Å². The molecule has 100 valence electrons. The van der Waals surface area contributed by atoms with Gasteiger partial charge in [0, 0.05) is 26.2 Å². The molecule has 0 aliphatic rings. The van der Waals surface area contributed by atoms with Crippen molar-refractivity contribution in [3.63, 3.8) is 0 Å². The number of hydrogen-bond acceptors (Lipinski definition) is 5. The summed E-state index contributed by atoms with van der Waals surface area (Å²) in [4.78, 5) is 4.35. The van der Waals surface area contributed by atoms with Gasteiger partial charge in [0.05, 0.1) is 0 Å². The number of hydrogen-bond donors (Lipinski definition) is 0. The Morgan fingerprint density at radius 1 is 0.765 bits per heavy atom. The molecule has 0 aliphatic heterocycles. The van der Waals surface area contributed by atoms with Crippen molar-refractivity contribution in [3.05, 3.63) is 0 Å². The summed E-state index contributed by atoms with van der Waals surface area (Å²) in [5, 5.41) is 0. The first-order chi connectivity index (χ1) is 8.10. The van der Waals surface area contributed by atoms with Gasteiger partial charge in [0.1, 0.15) is 8.64 Å². The number of nitrogens with zero attached hydrogens (tertiary/aromatic N) is 2. The van der Waals surface area contributed by atoms with Crippen LogP contribution in [0.1, 0.15) is 27.7 Å². The molecule has 0 unspecified atom stereocenters. The van der Waals surface area contributed by atoms with Crippen LogP contribution in [0.25, 0.3) is 0 Å². The predicted molar refractivity (Wildman–Crippen MR) is 93.8 cm³/mol. The highest BCUT2D eigenvalue weighted by molar-refractivity contribution is 9.15. The third-order valence-electron chi connectivity index (χ3n) is 2.25. The van der Waals surface area contributed by atoms with E-state index in [1.807, 2.05) is 0 Å². The van der Waals surface area contributed by atoms with Gasteiger partial charge in [-0.3, -0.25) is 0 Å². The zero-order chi connectivity index (χ0) is 13.3. The largest absolute Gasteiger partial charge is 0.357 e. The van der Waals surface area contributed by atoms with Crippen LogP contribution in [0.2, 0.25) is 0 Å². The summed E-state index contributed by atoms with van der Waals surface area (Å²) >= 11 is 10.7. The standard InChI is InChI=1S/C10H20N2S5/c1-5-11(6-2)9(13)15-17-16-10(14)12(7-3)8-4/h5-8H2,1-4H3. The highest BCUT2D eigenvalue weighted by Crippen LogP contribution is 2.38. The molecule has 0 heterocycles. The number of rotatable bonds is 6. The number of thiocarbonyl (C=S) groups is 2. The van der Waals surface area contributed by atoms with Crippen molar-refractivity contribution in [2.24, 2.45) is 0 Å². The molecule has 0 aliphatic carbocycles. The van der Waals surface area contributed by atoms with Gasteiger partial charge in [-0.25, -0.2) is 0 Å². The first kappa shape index (κ1) is 17.8. The molecule has 0 N–H and O–H groups in total. The van der Waals surface area contributed by atoms with Gasteiger partial charge in [0.2, 0.25) is 0 Å². The lowest BCUT2D eigenvalue weighted by atomic mass is 10.6. The molecule has 0 saturated carbocycles. The Hall–Kier alpha value is 0.830. The molecule has 0 rings (SSSR count). The van der Waals surface area contributed by atoms with Crippen molar-refractivity contribution >= 4 is 64.5 Å². The smallest absolute Gasteiger partial charge is 0.147 e. The van der Waals surface area contributed by atoms with Crippen molar-refractivity contribution in [1.82, 2.24) is 9.80 Å². The lowest BCUT2D eigenvalue weighted by Crippen LogP contribution is -2.26. The second-order valence-electron chi connectivity index (χ2n) is 3.11. The fourth-order valence-electron chi connectivity index (χ4n) is 1.14. The van der Waals surface area contributed by atoms with Gasteiger partial charge in [-0.1, -0.05) is 24.4 Å². The summed E-state index contributed by atoms with van der Waals surface area (Å²) in [6.45, 7) is 12.3. The first-order valence-corrected chi connectivity index (χ1v) is 9.99. The van der Waals surface area contributed by atoms with E-state index >= 15 is 0 Å². The molecule has 0 aromatic heterocycles. The molecule has 0 aromatic carbocycles. The van der Waals surface area contributed by atoms with E-state index in [0.717, 1.165) is 34.8 Å². The van der Waals surface area contributed by atoms with E-state index in [1.165, 1.54) is 0 Å². The fraction of sp³-hybridized carbons (Fsp3) is 0.800. The van der Waals surface area contributed by atoms with E-state index in [-0.39, 0.29) is 0 Å². The Labute approximate surface area is 127 Å². The molecule has 0 spiro atoms. The maximum atomic E-state index is 5.35. The second kappa shape index (κ2) is 10.7. The SMILES string of the molecule is CCN(CC)C(=S)SSSC(=S)N(CC)CC. The molecule has 0 aromatic rings. The van der Waals surface area contributed by atoms with E-state index < -0.39 is 0 Å². The van der Waals surface area contributed by atoms with Crippen molar-refractivity contribution < 1.29 is 0 Å². The van der Waals surface area contributed by atoms with Crippen LogP contribution in [-0.4, -0.2) is 44.6 Å². The summed E-state index contributed by atoms with van der Waals surface area (Å²) in [6.07, 6.45) is 0. The van der Waals surface area contributed by atoms with Crippen LogP contribution in [0.5, 0.6) is 0 Å². The third-order valence-corrected chi connectivity index (χ3v) is 7.42. The molecule has 0 fully saturated rings. The highest BCUT2D eigenvalue weighted by atomic mass is 33.5. The quantitative estimate of drug-likeness (QED) is 0.524. The zero-order valence-electron chi connectivity index (χ0n) is 10.8. The third kappa shape index (κ3) is 7.10. The average Bonchev–Trinajstić information content (AvgIpc) is 2.32. The van der Waals surface area contributed by atoms with Crippen LogP contribution in [-0.2, 0) is 0 Å². The molecule has 17 heavy (non-hydrogen) atoms. The van der Waals surface area contributed by atoms with Crippen molar-refractivity contribution in [2.45, 2.75) is 27.7 Å². The maximum Gasteiger partial charge on any atom is 0.147 e. The molecule has 0 radical (unpaired) electrons. The van der Waals surface area contributed by atoms with Gasteiger partial charge in [0.15, 0.2) is 0 Å². The summed E-state index contributed by atoms with van der Waals surface area (Å²) in [5.74, 6) is 0. The van der Waals surface area contributed by atoms with E-state index in [1.54, 1.807) is 31.4 Å². The Kier molecular flexibility index (Phi) is 11.2. The maximum absolute atomic E-state index is 5.35. The minimum Gasteiger partial charge on any atom is -0.357 e. The molecule has 0 bridgehead atoms. The molecule has 2 nitrogen and oxygen atoms in total. The van der Waals surface area contributed by atoms with Gasteiger partial charge < -0.3 is 9.80 Å². The van der Waals surface area contributed by atoms with Gasteiger partial charge >= 0.3 is 0 Å². The normalized spacial score (nSPS) is 10.1. The van der Waals surface area contributed by atoms with E-state index in [2.05, 4.69) is 37.5 Å². The van der Waals surface area contributed by atoms with E-state index in [0.29, 0.717) is 0 Å². The Bertz CT molecular complexity index is 215. The molecular weight excluding hydrogens is 308 g/mol. The molecule has 0 amide bonds. The van der Waals surface area contributed by atoms with Crippen LogP contribution in [0.4, 0.5) is 0 Å². The van der Waals surface area contributed by atoms with E-state index in [9.17, 15) is 0 Å². The fourth-order valence-corrected chi connectivity index (χ4v) is 6.48. The minimum absolute atomic E-state index is 0.940. The Morgan fingerprint density at radius 2 is 1.06 bits per heavy atom. The van der Waals surface area contributed by atoms with E-state index in [4.69, 9.17) is 24.4 Å². The molecule has 0 atom stereocenters. The molecular formula is C10H20N2S5. The monoisotopic (exact) mass is 328 g/mol. The lowest BCUT2D eigenvalue weighted by Gasteiger charge is -2.22. The van der Waals surface area contributed by atoms with Gasteiger partial charge in [-0.05, 0) is 59.1 Å². The lowest BCUT2D eigenvalue weighted by molar-refractivity contribution is 0.482. The average molecular weight is 329 g/mol. The predicted octanol–water partition coefficient (Wildman–Crippen LogP) is 4.27. The van der Waals surface area contributed by atoms with Crippen LogP contribution < -0.4 is 0 Å². The second-order valence-corrected chi connectivity index (χ2v) is 8.28. The summed E-state index contributed by atoms with van der Waals surface area (Å²) < 4.78 is 1.88. The summed E-state index contributed by atoms with van der Waals surface area (Å²) in [7, 11) is 4.90. The van der Waals surface area contributed by atoms with Crippen LogP contribution >= 0.6 is 55.8 Å². The van der Waals surface area contributed by atoms with Crippen LogP contribution in [0.3, 0.4) is 0 Å².